The summed E-state index contributed by atoms with van der Waals surface area (Å²) in [5, 5.41) is 13.3. The lowest BCUT2D eigenvalue weighted by atomic mass is 10.1. The number of nitrogens with zero attached hydrogens (tertiary/aromatic N) is 1. The van der Waals surface area contributed by atoms with Gasteiger partial charge in [-0.15, -0.1) is 0 Å². The minimum Gasteiger partial charge on any atom is -0.453 e. The van der Waals surface area contributed by atoms with Gasteiger partial charge in [0.25, 0.3) is 5.69 Å². The summed E-state index contributed by atoms with van der Waals surface area (Å²) in [7, 11) is 1.31. The van der Waals surface area contributed by atoms with E-state index >= 15 is 0 Å². The van der Waals surface area contributed by atoms with Gasteiger partial charge in [0.2, 0.25) is 0 Å². The third kappa shape index (κ3) is 2.35. The van der Waals surface area contributed by atoms with Crippen LogP contribution in [0, 0.1) is 10.1 Å². The van der Waals surface area contributed by atoms with Crippen molar-refractivity contribution in [1.82, 2.24) is 5.32 Å². The minimum absolute atomic E-state index is 0.0422. The number of fused-ring (bicyclic) bond motifs is 1. The number of hydrogen-bond acceptors (Lipinski definition) is 4. The Hall–Kier alpha value is -2.11. The number of ether oxygens (including phenoxy) is 1. The Kier molecular flexibility index (Phi) is 2.95. The molecular formula is C11H12N2O4. The van der Waals surface area contributed by atoms with E-state index in [2.05, 4.69) is 10.1 Å². The first-order valence-electron chi connectivity index (χ1n) is 5.21. The predicted octanol–water partition coefficient (Wildman–Crippen LogP) is 1.42. The summed E-state index contributed by atoms with van der Waals surface area (Å²) in [6.45, 7) is 0. The van der Waals surface area contributed by atoms with Crippen molar-refractivity contribution in [2.75, 3.05) is 7.11 Å². The van der Waals surface area contributed by atoms with Crippen molar-refractivity contribution in [2.24, 2.45) is 0 Å². The van der Waals surface area contributed by atoms with Crippen LogP contribution in [0.15, 0.2) is 18.2 Å². The maximum Gasteiger partial charge on any atom is 0.407 e. The summed E-state index contributed by atoms with van der Waals surface area (Å²) in [6, 6.07) is 4.75. The zero-order chi connectivity index (χ0) is 12.4. The Morgan fingerprint density at radius 2 is 2.18 bits per heavy atom. The van der Waals surface area contributed by atoms with Gasteiger partial charge in [0.05, 0.1) is 12.0 Å². The molecule has 0 saturated heterocycles. The van der Waals surface area contributed by atoms with E-state index in [4.69, 9.17) is 0 Å². The highest BCUT2D eigenvalue weighted by molar-refractivity contribution is 5.67. The second-order valence-corrected chi connectivity index (χ2v) is 3.95. The fourth-order valence-corrected chi connectivity index (χ4v) is 2.05. The lowest BCUT2D eigenvalue weighted by molar-refractivity contribution is -0.384. The summed E-state index contributed by atoms with van der Waals surface area (Å²) in [6.07, 6.45) is 0.812. The van der Waals surface area contributed by atoms with Gasteiger partial charge in [-0.25, -0.2) is 4.79 Å². The number of hydrogen-bond donors (Lipinski definition) is 1. The minimum atomic E-state index is -0.475. The first-order chi connectivity index (χ1) is 8.10. The van der Waals surface area contributed by atoms with Crippen molar-refractivity contribution in [3.63, 3.8) is 0 Å². The molecule has 0 saturated carbocycles. The van der Waals surface area contributed by atoms with E-state index in [1.807, 2.05) is 0 Å². The predicted molar refractivity (Wildman–Crippen MR) is 59.8 cm³/mol. The maximum absolute atomic E-state index is 11.1. The van der Waals surface area contributed by atoms with E-state index in [1.165, 1.54) is 13.2 Å². The summed E-state index contributed by atoms with van der Waals surface area (Å²) in [5.74, 6) is 0. The van der Waals surface area contributed by atoms with E-state index in [1.54, 1.807) is 12.1 Å². The van der Waals surface area contributed by atoms with Gasteiger partial charge in [-0.3, -0.25) is 10.1 Å². The average molecular weight is 236 g/mol. The van der Waals surface area contributed by atoms with E-state index in [9.17, 15) is 14.9 Å². The second kappa shape index (κ2) is 4.40. The van der Waals surface area contributed by atoms with Crippen molar-refractivity contribution >= 4 is 11.8 Å². The fraction of sp³-hybridized carbons (Fsp3) is 0.364. The van der Waals surface area contributed by atoms with Crippen LogP contribution in [-0.2, 0) is 17.6 Å². The number of carbonyl (C=O) groups is 1. The molecule has 0 aromatic heterocycles. The average Bonchev–Trinajstić information content (AvgIpc) is 2.69. The third-order valence-corrected chi connectivity index (χ3v) is 2.84. The molecule has 1 aromatic carbocycles. The lowest BCUT2D eigenvalue weighted by Gasteiger charge is -2.09. The van der Waals surface area contributed by atoms with Crippen LogP contribution in [0.3, 0.4) is 0 Å². The molecule has 0 heterocycles. The number of alkyl carbamates (subject to hydrolysis) is 1. The molecule has 0 bridgehead atoms. The zero-order valence-corrected chi connectivity index (χ0v) is 9.30. The lowest BCUT2D eigenvalue weighted by Crippen LogP contribution is -2.35. The highest BCUT2D eigenvalue weighted by atomic mass is 16.6. The highest BCUT2D eigenvalue weighted by Gasteiger charge is 2.24. The smallest absolute Gasteiger partial charge is 0.407 e. The molecule has 6 heteroatoms. The van der Waals surface area contributed by atoms with E-state index in [-0.39, 0.29) is 11.7 Å². The number of non-ortho nitro benzene ring substituents is 1. The molecule has 0 fully saturated rings. The molecule has 1 unspecified atom stereocenters. The van der Waals surface area contributed by atoms with E-state index in [0.29, 0.717) is 12.8 Å². The van der Waals surface area contributed by atoms with Crippen molar-refractivity contribution in [3.05, 3.63) is 39.4 Å². The molecule has 1 N–H and O–H groups in total. The fourth-order valence-electron chi connectivity index (χ4n) is 2.05. The number of rotatable bonds is 2. The summed E-state index contributed by atoms with van der Waals surface area (Å²) < 4.78 is 4.51. The van der Waals surface area contributed by atoms with Crippen LogP contribution in [0.2, 0.25) is 0 Å². The second-order valence-electron chi connectivity index (χ2n) is 3.95. The van der Waals surface area contributed by atoms with Crippen molar-refractivity contribution < 1.29 is 14.5 Å². The molecule has 6 nitrogen and oxygen atoms in total. The topological polar surface area (TPSA) is 81.5 Å². The zero-order valence-electron chi connectivity index (χ0n) is 9.30. The summed E-state index contributed by atoms with van der Waals surface area (Å²) in [4.78, 5) is 21.3. The maximum atomic E-state index is 11.1. The van der Waals surface area contributed by atoms with Gasteiger partial charge >= 0.3 is 6.09 Å². The quantitative estimate of drug-likeness (QED) is 0.621. The van der Waals surface area contributed by atoms with Gasteiger partial charge in [0.15, 0.2) is 0 Å². The third-order valence-electron chi connectivity index (χ3n) is 2.84. The number of benzene rings is 1. The number of methoxy groups -OCH3 is 1. The Balaban J connectivity index is 2.11. The summed E-state index contributed by atoms with van der Waals surface area (Å²) >= 11 is 0. The number of nitrogens with one attached hydrogen (secondary N) is 1. The van der Waals surface area contributed by atoms with Crippen molar-refractivity contribution in [1.29, 1.82) is 0 Å². The first kappa shape index (κ1) is 11.4. The molecule has 1 atom stereocenters. The van der Waals surface area contributed by atoms with Crippen LogP contribution in [-0.4, -0.2) is 24.2 Å². The van der Waals surface area contributed by atoms with Crippen LogP contribution in [0.25, 0.3) is 0 Å². The molecule has 1 aromatic rings. The molecular weight excluding hydrogens is 224 g/mol. The van der Waals surface area contributed by atoms with Gasteiger partial charge < -0.3 is 10.1 Å². The molecule has 2 rings (SSSR count). The van der Waals surface area contributed by atoms with Crippen molar-refractivity contribution in [3.8, 4) is 0 Å². The Morgan fingerprint density at radius 1 is 1.47 bits per heavy atom. The van der Waals surface area contributed by atoms with Crippen LogP contribution >= 0.6 is 0 Å². The largest absolute Gasteiger partial charge is 0.453 e. The van der Waals surface area contributed by atoms with Gasteiger partial charge in [-0.05, 0) is 24.0 Å². The van der Waals surface area contributed by atoms with Crippen LogP contribution < -0.4 is 5.32 Å². The molecule has 0 aliphatic heterocycles. The number of nitro benzene ring substituents is 1. The van der Waals surface area contributed by atoms with Gasteiger partial charge in [0.1, 0.15) is 0 Å². The van der Waals surface area contributed by atoms with Crippen LogP contribution in [0.1, 0.15) is 11.1 Å². The van der Waals surface area contributed by atoms with Gasteiger partial charge in [-0.1, -0.05) is 6.07 Å². The van der Waals surface area contributed by atoms with E-state index < -0.39 is 11.0 Å². The molecule has 1 amide bonds. The highest BCUT2D eigenvalue weighted by Crippen LogP contribution is 2.26. The SMILES string of the molecule is COC(=O)NC1Cc2ccc([N+](=O)[O-])cc2C1. The molecule has 90 valence electrons. The Morgan fingerprint density at radius 3 is 2.82 bits per heavy atom. The van der Waals surface area contributed by atoms with Crippen molar-refractivity contribution in [2.45, 2.75) is 18.9 Å². The molecule has 0 spiro atoms. The molecule has 1 aliphatic carbocycles. The molecule has 1 aliphatic rings. The number of amides is 1. The molecule has 17 heavy (non-hydrogen) atoms. The van der Waals surface area contributed by atoms with Crippen LogP contribution in [0.4, 0.5) is 10.5 Å². The number of nitro groups is 1. The Bertz CT molecular complexity index is 473. The molecule has 0 radical (unpaired) electrons. The standard InChI is InChI=1S/C11H12N2O4/c1-17-11(14)12-9-4-7-2-3-10(13(15)16)6-8(7)5-9/h2-3,6,9H,4-5H2,1H3,(H,12,14). The summed E-state index contributed by atoms with van der Waals surface area (Å²) in [5.41, 5.74) is 2.04. The van der Waals surface area contributed by atoms with Gasteiger partial charge in [-0.2, -0.15) is 0 Å². The first-order valence-corrected chi connectivity index (χ1v) is 5.21. The Labute approximate surface area is 97.7 Å². The van der Waals surface area contributed by atoms with Crippen LogP contribution in [0.5, 0.6) is 0 Å². The monoisotopic (exact) mass is 236 g/mol. The number of carbonyl (C=O) groups excluding carboxylic acids is 1. The van der Waals surface area contributed by atoms with Gasteiger partial charge in [0, 0.05) is 18.2 Å². The van der Waals surface area contributed by atoms with E-state index in [0.717, 1.165) is 11.1 Å². The normalized spacial score (nSPS) is 17.4.